The zero-order valence-electron chi connectivity index (χ0n) is 16.5. The fourth-order valence-electron chi connectivity index (χ4n) is 3.72. The number of nitrogens with one attached hydrogen (secondary N) is 2. The lowest BCUT2D eigenvalue weighted by Gasteiger charge is -2.29. The zero-order chi connectivity index (χ0) is 22.4. The number of nitrogens with zero attached hydrogens (tertiary/aromatic N) is 2. The summed E-state index contributed by atoms with van der Waals surface area (Å²) in [6, 6.07) is 6.71. The average Bonchev–Trinajstić information content (AvgIpc) is 2.73. The number of benzene rings is 1. The first kappa shape index (κ1) is 21.6. The number of ketones is 1. The molecule has 1 aliphatic heterocycles. The van der Waals surface area contributed by atoms with Gasteiger partial charge in [-0.25, -0.2) is 0 Å². The lowest BCUT2D eigenvalue weighted by Crippen LogP contribution is -2.36. The molecule has 1 aliphatic rings. The summed E-state index contributed by atoms with van der Waals surface area (Å²) < 4.78 is 10.4. The number of aromatic amines is 2. The van der Waals surface area contributed by atoms with Crippen molar-refractivity contribution >= 4 is 46.1 Å². The number of H-pyrrole nitrogens is 2. The molecule has 0 unspecified atom stereocenters. The molecule has 4 rings (SSSR count). The molecule has 0 bridgehead atoms. The average molecular weight is 521 g/mol. The lowest BCUT2D eigenvalue weighted by molar-refractivity contribution is 0.0966. The fraction of sp³-hybridized carbons (Fsp3) is 0.250. The number of rotatable bonds is 4. The SMILES string of the molecule is CCn1c2c(c(=O)[nH]c1=S)C(C(=O)c1ccc(Br)cc1)c1c(n(CC)c(=S)[nH]c1=O)O2. The molecule has 0 radical (unpaired) electrons. The zero-order valence-corrected chi connectivity index (χ0v) is 19.7. The van der Waals surface area contributed by atoms with Crippen molar-refractivity contribution in [1.82, 2.24) is 19.1 Å². The third-order valence-electron chi connectivity index (χ3n) is 5.17. The lowest BCUT2D eigenvalue weighted by atomic mass is 9.85. The first-order valence-corrected chi connectivity index (χ1v) is 11.1. The molecule has 2 aromatic heterocycles. The van der Waals surface area contributed by atoms with E-state index in [-0.39, 0.29) is 32.4 Å². The summed E-state index contributed by atoms with van der Waals surface area (Å²) in [5.41, 5.74) is -0.713. The van der Waals surface area contributed by atoms with Gasteiger partial charge in [-0.3, -0.25) is 33.5 Å². The van der Waals surface area contributed by atoms with Gasteiger partial charge >= 0.3 is 0 Å². The van der Waals surface area contributed by atoms with E-state index < -0.39 is 22.8 Å². The van der Waals surface area contributed by atoms with Gasteiger partial charge in [-0.2, -0.15) is 0 Å². The van der Waals surface area contributed by atoms with Crippen LogP contribution < -0.4 is 15.9 Å². The second-order valence-electron chi connectivity index (χ2n) is 6.85. The molecule has 0 saturated carbocycles. The van der Waals surface area contributed by atoms with Gasteiger partial charge in [-0.05, 0) is 50.4 Å². The highest BCUT2D eigenvalue weighted by molar-refractivity contribution is 9.10. The predicted molar refractivity (Wildman–Crippen MR) is 124 cm³/mol. The van der Waals surface area contributed by atoms with E-state index >= 15 is 0 Å². The minimum atomic E-state index is -1.19. The molecule has 0 atom stereocenters. The number of aromatic nitrogens is 4. The Labute approximate surface area is 194 Å². The summed E-state index contributed by atoms with van der Waals surface area (Å²) in [4.78, 5) is 44.8. The molecule has 0 spiro atoms. The van der Waals surface area contributed by atoms with Gasteiger partial charge in [0.25, 0.3) is 11.1 Å². The van der Waals surface area contributed by atoms with E-state index in [0.717, 1.165) is 4.47 Å². The van der Waals surface area contributed by atoms with E-state index in [1.54, 1.807) is 33.4 Å². The smallest absolute Gasteiger partial charge is 0.259 e. The van der Waals surface area contributed by atoms with Crippen LogP contribution in [0.2, 0.25) is 0 Å². The molecule has 160 valence electrons. The molecular formula is C20H17BrN4O4S2. The molecule has 3 aromatic rings. The molecule has 31 heavy (non-hydrogen) atoms. The van der Waals surface area contributed by atoms with Crippen molar-refractivity contribution in [3.8, 4) is 11.8 Å². The Bertz CT molecular complexity index is 1370. The number of carbonyl (C=O) groups is 1. The molecule has 0 saturated heterocycles. The number of ether oxygens (including phenoxy) is 1. The first-order valence-electron chi connectivity index (χ1n) is 9.50. The van der Waals surface area contributed by atoms with Gasteiger partial charge < -0.3 is 4.74 Å². The summed E-state index contributed by atoms with van der Waals surface area (Å²) in [6.07, 6.45) is 0. The van der Waals surface area contributed by atoms with Crippen molar-refractivity contribution in [1.29, 1.82) is 0 Å². The van der Waals surface area contributed by atoms with Gasteiger partial charge in [-0.1, -0.05) is 28.1 Å². The number of hydrogen-bond acceptors (Lipinski definition) is 6. The van der Waals surface area contributed by atoms with Gasteiger partial charge in [0.05, 0.1) is 17.0 Å². The third-order valence-corrected chi connectivity index (χ3v) is 6.34. The normalized spacial score (nSPS) is 12.7. The monoisotopic (exact) mass is 520 g/mol. The van der Waals surface area contributed by atoms with Crippen LogP contribution in [-0.4, -0.2) is 24.9 Å². The van der Waals surface area contributed by atoms with E-state index in [0.29, 0.717) is 18.7 Å². The van der Waals surface area contributed by atoms with Crippen LogP contribution in [0.5, 0.6) is 11.8 Å². The van der Waals surface area contributed by atoms with E-state index in [1.807, 2.05) is 13.8 Å². The van der Waals surface area contributed by atoms with Crippen LogP contribution in [0.25, 0.3) is 0 Å². The van der Waals surface area contributed by atoms with E-state index in [2.05, 4.69) is 25.9 Å². The minimum absolute atomic E-state index is 0.0427. The Morgan fingerprint density at radius 1 is 0.968 bits per heavy atom. The number of Topliss-reactive ketones (excluding diaryl/α,β-unsaturated/α-hetero) is 1. The summed E-state index contributed by atoms with van der Waals surface area (Å²) in [6.45, 7) is 4.46. The summed E-state index contributed by atoms with van der Waals surface area (Å²) >= 11 is 13.9. The van der Waals surface area contributed by atoms with Gasteiger partial charge in [0.2, 0.25) is 11.8 Å². The van der Waals surface area contributed by atoms with Crippen LogP contribution in [-0.2, 0) is 13.1 Å². The van der Waals surface area contributed by atoms with Crippen LogP contribution in [0.3, 0.4) is 0 Å². The maximum absolute atomic E-state index is 13.7. The second-order valence-corrected chi connectivity index (χ2v) is 8.54. The van der Waals surface area contributed by atoms with Crippen LogP contribution in [0, 0.1) is 9.54 Å². The standard InChI is InChI=1S/C20H17BrN4O4S2/c1-3-24-17-12(15(27)22-19(24)30)11(14(26)9-5-7-10(21)8-6-9)13-16(28)23-20(31)25(4-2)18(13)29-17/h5-8,11H,3-4H2,1-2H3,(H,22,27,30)(H,23,28,31). The molecule has 0 aliphatic carbocycles. The largest absolute Gasteiger partial charge is 0.423 e. The molecule has 0 amide bonds. The van der Waals surface area contributed by atoms with E-state index in [1.165, 1.54) is 0 Å². The van der Waals surface area contributed by atoms with E-state index in [9.17, 15) is 14.4 Å². The molecule has 11 heteroatoms. The Kier molecular flexibility index (Phi) is 5.67. The van der Waals surface area contributed by atoms with Gasteiger partial charge in [0.15, 0.2) is 15.3 Å². The van der Waals surface area contributed by atoms with Crippen molar-refractivity contribution in [2.45, 2.75) is 32.9 Å². The van der Waals surface area contributed by atoms with E-state index in [4.69, 9.17) is 29.2 Å². The Morgan fingerprint density at radius 3 is 1.84 bits per heavy atom. The summed E-state index contributed by atoms with van der Waals surface area (Å²) in [5, 5.41) is 0. The van der Waals surface area contributed by atoms with Crippen LogP contribution in [0.4, 0.5) is 0 Å². The maximum Gasteiger partial charge on any atom is 0.259 e. The van der Waals surface area contributed by atoms with Gasteiger partial charge in [-0.15, -0.1) is 0 Å². The molecule has 8 nitrogen and oxygen atoms in total. The number of halogens is 1. The number of hydrogen-bond donors (Lipinski definition) is 2. The molecule has 0 fully saturated rings. The summed E-state index contributed by atoms with van der Waals surface area (Å²) in [7, 11) is 0. The molecular weight excluding hydrogens is 504 g/mol. The van der Waals surface area contributed by atoms with Crippen LogP contribution in [0.15, 0.2) is 38.3 Å². The Balaban J connectivity index is 2.12. The van der Waals surface area contributed by atoms with Crippen molar-refractivity contribution < 1.29 is 9.53 Å². The van der Waals surface area contributed by atoms with Crippen molar-refractivity contribution in [2.24, 2.45) is 0 Å². The second kappa shape index (κ2) is 8.13. The molecule has 1 aromatic carbocycles. The molecule has 3 heterocycles. The van der Waals surface area contributed by atoms with Crippen molar-refractivity contribution in [3.63, 3.8) is 0 Å². The minimum Gasteiger partial charge on any atom is -0.423 e. The number of carbonyl (C=O) groups excluding carboxylic acids is 1. The highest BCUT2D eigenvalue weighted by Crippen LogP contribution is 2.42. The first-order chi connectivity index (χ1) is 14.8. The summed E-state index contributed by atoms with van der Waals surface area (Å²) in [5.74, 6) is -1.31. The van der Waals surface area contributed by atoms with Crippen LogP contribution in [0.1, 0.15) is 41.3 Å². The predicted octanol–water partition coefficient (Wildman–Crippen LogP) is 4.05. The number of fused-ring (bicyclic) bond motifs is 2. The highest BCUT2D eigenvalue weighted by atomic mass is 79.9. The molecule has 2 N–H and O–H groups in total. The van der Waals surface area contributed by atoms with Crippen molar-refractivity contribution in [2.75, 3.05) is 0 Å². The fourth-order valence-corrected chi connectivity index (χ4v) is 4.59. The van der Waals surface area contributed by atoms with Gasteiger partial charge in [0.1, 0.15) is 0 Å². The Hall–Kier alpha value is -2.63. The van der Waals surface area contributed by atoms with Crippen LogP contribution >= 0.6 is 40.4 Å². The highest BCUT2D eigenvalue weighted by Gasteiger charge is 2.41. The van der Waals surface area contributed by atoms with Gasteiger partial charge in [0, 0.05) is 23.1 Å². The Morgan fingerprint density at radius 2 is 1.42 bits per heavy atom. The third kappa shape index (κ3) is 3.46. The maximum atomic E-state index is 13.7. The van der Waals surface area contributed by atoms with Crippen molar-refractivity contribution in [3.05, 3.63) is 75.7 Å². The topological polar surface area (TPSA) is 102 Å². The quantitative estimate of drug-likeness (QED) is 0.397.